The Labute approximate surface area is 164 Å². The van der Waals surface area contributed by atoms with Crippen molar-refractivity contribution < 1.29 is 23.8 Å². The van der Waals surface area contributed by atoms with E-state index < -0.39 is 11.9 Å². The monoisotopic (exact) mass is 386 g/mol. The lowest BCUT2D eigenvalue weighted by molar-refractivity contribution is -0.128. The van der Waals surface area contributed by atoms with Crippen LogP contribution in [0.3, 0.4) is 0 Å². The second-order valence-electron chi connectivity index (χ2n) is 6.27. The number of carbonyl (C=O) groups excluding carboxylic acids is 1. The molecule has 0 amide bonds. The molecule has 1 aliphatic carbocycles. The summed E-state index contributed by atoms with van der Waals surface area (Å²) in [5.74, 6) is -1.16. The van der Waals surface area contributed by atoms with Crippen LogP contribution in [-0.2, 0) is 4.79 Å². The Hall–Kier alpha value is -4.19. The number of fused-ring (bicyclic) bond motifs is 2. The highest BCUT2D eigenvalue weighted by Crippen LogP contribution is 2.41. The van der Waals surface area contributed by atoms with Crippen molar-refractivity contribution in [2.75, 3.05) is 0 Å². The van der Waals surface area contributed by atoms with Gasteiger partial charge in [-0.1, -0.05) is 24.8 Å². The number of ether oxygens (including phenoxy) is 1. The molecule has 4 rings (SSSR count). The zero-order chi connectivity index (χ0) is 20.5. The molecule has 0 radical (unpaired) electrons. The van der Waals surface area contributed by atoms with Crippen LogP contribution in [-0.4, -0.2) is 17.0 Å². The average Bonchev–Trinajstić information content (AvgIpc) is 2.71. The molecule has 0 bridgehead atoms. The van der Waals surface area contributed by atoms with Crippen LogP contribution in [0.4, 0.5) is 0 Å². The molecule has 0 spiro atoms. The van der Waals surface area contributed by atoms with Crippen molar-refractivity contribution in [1.29, 1.82) is 0 Å². The number of carboxylic acids is 1. The van der Waals surface area contributed by atoms with Gasteiger partial charge in [0.25, 0.3) is 0 Å². The summed E-state index contributed by atoms with van der Waals surface area (Å²) in [6, 6.07) is 15.7. The lowest BCUT2D eigenvalue weighted by Gasteiger charge is -2.17. The Bertz CT molecular complexity index is 1310. The fourth-order valence-electron chi connectivity index (χ4n) is 3.25. The molecule has 2 aromatic carbocycles. The summed E-state index contributed by atoms with van der Waals surface area (Å²) < 4.78 is 11.0. The molecular weight excluding hydrogens is 372 g/mol. The zero-order valence-electron chi connectivity index (χ0n) is 15.0. The first-order valence-electron chi connectivity index (χ1n) is 8.65. The summed E-state index contributed by atoms with van der Waals surface area (Å²) in [5.41, 5.74) is 1.91. The number of rotatable bonds is 4. The number of esters is 1. The Balaban J connectivity index is 2.09. The van der Waals surface area contributed by atoms with E-state index in [0.29, 0.717) is 33.4 Å². The highest BCUT2D eigenvalue weighted by molar-refractivity contribution is 6.07. The van der Waals surface area contributed by atoms with Crippen LogP contribution < -0.4 is 10.2 Å². The second kappa shape index (κ2) is 7.09. The second-order valence-corrected chi connectivity index (χ2v) is 6.27. The largest absolute Gasteiger partial charge is 0.478 e. The van der Waals surface area contributed by atoms with E-state index in [4.69, 9.17) is 9.15 Å². The first kappa shape index (κ1) is 18.2. The lowest BCUT2D eigenvalue weighted by atomic mass is 9.91. The number of benzene rings is 3. The van der Waals surface area contributed by atoms with E-state index in [1.54, 1.807) is 36.4 Å². The van der Waals surface area contributed by atoms with Crippen LogP contribution in [0.25, 0.3) is 33.4 Å². The van der Waals surface area contributed by atoms with Gasteiger partial charge < -0.3 is 14.3 Å². The van der Waals surface area contributed by atoms with Gasteiger partial charge in [0.1, 0.15) is 17.1 Å². The molecule has 6 nitrogen and oxygen atoms in total. The van der Waals surface area contributed by atoms with Crippen molar-refractivity contribution in [3.63, 3.8) is 0 Å². The molecule has 29 heavy (non-hydrogen) atoms. The molecule has 0 atom stereocenters. The van der Waals surface area contributed by atoms with Crippen molar-refractivity contribution in [1.82, 2.24) is 0 Å². The van der Waals surface area contributed by atoms with Gasteiger partial charge in [-0.2, -0.15) is 0 Å². The summed E-state index contributed by atoms with van der Waals surface area (Å²) in [6.07, 6.45) is 1.04. The Morgan fingerprint density at radius 2 is 1.79 bits per heavy atom. The van der Waals surface area contributed by atoms with Gasteiger partial charge in [-0.3, -0.25) is 4.79 Å². The smallest absolute Gasteiger partial charge is 0.336 e. The molecule has 0 saturated carbocycles. The van der Waals surface area contributed by atoms with Gasteiger partial charge in [-0.05, 0) is 35.9 Å². The van der Waals surface area contributed by atoms with Gasteiger partial charge in [-0.25, -0.2) is 9.59 Å². The maximum absolute atomic E-state index is 11.9. The van der Waals surface area contributed by atoms with E-state index in [9.17, 15) is 19.5 Å². The van der Waals surface area contributed by atoms with Gasteiger partial charge in [-0.15, -0.1) is 0 Å². The molecule has 0 fully saturated rings. The minimum atomic E-state index is -1.07. The molecule has 6 heteroatoms. The molecule has 2 aliphatic rings. The molecular formula is C23H14O6. The normalized spacial score (nSPS) is 10.8. The van der Waals surface area contributed by atoms with Crippen LogP contribution >= 0.6 is 0 Å². The van der Waals surface area contributed by atoms with Crippen LogP contribution in [0.2, 0.25) is 0 Å². The quantitative estimate of drug-likeness (QED) is 0.242. The Kier molecular flexibility index (Phi) is 4.44. The topological polar surface area (TPSA) is 93.8 Å². The summed E-state index contributed by atoms with van der Waals surface area (Å²) in [7, 11) is 0. The highest BCUT2D eigenvalue weighted by atomic mass is 16.5. The number of hydrogen-bond donors (Lipinski definition) is 1. The maximum atomic E-state index is 11.9. The third kappa shape index (κ3) is 3.27. The van der Waals surface area contributed by atoms with Gasteiger partial charge >= 0.3 is 11.9 Å². The van der Waals surface area contributed by atoms with Gasteiger partial charge in [0, 0.05) is 34.7 Å². The summed E-state index contributed by atoms with van der Waals surface area (Å²) in [5, 5.41) is 10.3. The van der Waals surface area contributed by atoms with E-state index in [2.05, 4.69) is 6.58 Å². The first-order valence-corrected chi connectivity index (χ1v) is 8.65. The van der Waals surface area contributed by atoms with Gasteiger partial charge in [0.15, 0.2) is 5.43 Å². The zero-order valence-corrected chi connectivity index (χ0v) is 15.0. The SMILES string of the molecule is C=CC(=O)Oc1ccc2c(-c3ccccc3C(=O)O)c3ccc(=O)cc-3oc2c1. The average molecular weight is 386 g/mol. The summed E-state index contributed by atoms with van der Waals surface area (Å²) >= 11 is 0. The maximum Gasteiger partial charge on any atom is 0.336 e. The van der Waals surface area contributed by atoms with Gasteiger partial charge in [0.2, 0.25) is 0 Å². The minimum absolute atomic E-state index is 0.120. The number of aromatic carboxylic acids is 1. The molecule has 0 aromatic heterocycles. The number of hydrogen-bond acceptors (Lipinski definition) is 5. The van der Waals surface area contributed by atoms with Crippen LogP contribution in [0.5, 0.6) is 5.75 Å². The molecule has 1 heterocycles. The van der Waals surface area contributed by atoms with Crippen LogP contribution in [0.1, 0.15) is 10.4 Å². The van der Waals surface area contributed by atoms with E-state index in [1.807, 2.05) is 0 Å². The number of carboxylic acid groups (broad SMARTS) is 1. The van der Waals surface area contributed by atoms with E-state index in [0.717, 1.165) is 6.08 Å². The summed E-state index contributed by atoms with van der Waals surface area (Å²) in [6.45, 7) is 3.36. The minimum Gasteiger partial charge on any atom is -0.478 e. The number of carbonyl (C=O) groups is 2. The standard InChI is InChI=1S/C23H14O6/c1-2-21(25)28-14-8-10-18-20(12-14)29-19-11-13(24)7-9-17(19)22(18)15-5-3-4-6-16(15)23(26)27/h2-12H,1H2,(H,26,27). The van der Waals surface area contributed by atoms with Crippen molar-refractivity contribution in [2.24, 2.45) is 0 Å². The Morgan fingerprint density at radius 3 is 2.55 bits per heavy atom. The molecule has 0 saturated heterocycles. The molecule has 1 N–H and O–H groups in total. The molecule has 2 aromatic rings. The Morgan fingerprint density at radius 1 is 1.00 bits per heavy atom. The van der Waals surface area contributed by atoms with E-state index in [-0.39, 0.29) is 16.7 Å². The van der Waals surface area contributed by atoms with E-state index >= 15 is 0 Å². The predicted molar refractivity (Wildman–Crippen MR) is 107 cm³/mol. The van der Waals surface area contributed by atoms with Crippen molar-refractivity contribution in [3.8, 4) is 28.2 Å². The summed E-state index contributed by atoms with van der Waals surface area (Å²) in [4.78, 5) is 35.2. The fraction of sp³-hybridized carbons (Fsp3) is 0. The van der Waals surface area contributed by atoms with Crippen LogP contribution in [0, 0.1) is 0 Å². The van der Waals surface area contributed by atoms with Crippen LogP contribution in [0.15, 0.2) is 82.5 Å². The van der Waals surface area contributed by atoms with E-state index in [1.165, 1.54) is 24.3 Å². The molecule has 142 valence electrons. The van der Waals surface area contributed by atoms with Gasteiger partial charge in [0.05, 0.1) is 5.56 Å². The highest BCUT2D eigenvalue weighted by Gasteiger charge is 2.21. The predicted octanol–water partition coefficient (Wildman–Crippen LogP) is 4.35. The lowest BCUT2D eigenvalue weighted by Crippen LogP contribution is -2.04. The first-order chi connectivity index (χ1) is 14.0. The van der Waals surface area contributed by atoms with Crippen molar-refractivity contribution in [2.45, 2.75) is 0 Å². The third-order valence-electron chi connectivity index (χ3n) is 4.48. The molecule has 0 unspecified atom stereocenters. The fourth-order valence-corrected chi connectivity index (χ4v) is 3.25. The molecule has 1 aliphatic heterocycles. The van der Waals surface area contributed by atoms with Crippen molar-refractivity contribution in [3.05, 3.63) is 89.1 Å². The third-order valence-corrected chi connectivity index (χ3v) is 4.48. The van der Waals surface area contributed by atoms with Crippen molar-refractivity contribution >= 4 is 22.9 Å².